The molecule has 0 aliphatic carbocycles. The van der Waals surface area contributed by atoms with E-state index in [-0.39, 0.29) is 11.3 Å². The van der Waals surface area contributed by atoms with E-state index in [0.717, 1.165) is 19.5 Å². The minimum absolute atomic E-state index is 0.0706. The molecular weight excluding hydrogens is 162 g/mol. The van der Waals surface area contributed by atoms with Crippen LogP contribution in [0, 0.1) is 11.3 Å². The molecule has 1 saturated heterocycles. The van der Waals surface area contributed by atoms with Gasteiger partial charge < -0.3 is 10.4 Å². The van der Waals surface area contributed by atoms with Gasteiger partial charge in [-0.1, -0.05) is 26.8 Å². The van der Waals surface area contributed by atoms with Crippen LogP contribution in [0.15, 0.2) is 12.7 Å². The highest BCUT2D eigenvalue weighted by atomic mass is 16.3. The van der Waals surface area contributed by atoms with Crippen LogP contribution in [-0.4, -0.2) is 23.8 Å². The first-order valence-electron chi connectivity index (χ1n) is 5.00. The molecule has 2 atom stereocenters. The van der Waals surface area contributed by atoms with Gasteiger partial charge in [0.1, 0.15) is 0 Å². The van der Waals surface area contributed by atoms with E-state index < -0.39 is 5.60 Å². The SMILES string of the molecule is C=CC(C)C1(O)CCNCC1(C)C. The molecule has 2 N–H and O–H groups in total. The molecule has 1 aliphatic heterocycles. The summed E-state index contributed by atoms with van der Waals surface area (Å²) in [7, 11) is 0. The molecule has 1 heterocycles. The molecule has 0 saturated carbocycles. The topological polar surface area (TPSA) is 32.3 Å². The molecule has 1 fully saturated rings. The summed E-state index contributed by atoms with van der Waals surface area (Å²) in [5.74, 6) is 0.157. The first kappa shape index (κ1) is 10.7. The molecule has 0 aromatic rings. The maximum Gasteiger partial charge on any atom is 0.0782 e. The van der Waals surface area contributed by atoms with Crippen molar-refractivity contribution in [1.29, 1.82) is 0 Å². The smallest absolute Gasteiger partial charge is 0.0782 e. The van der Waals surface area contributed by atoms with Crippen LogP contribution >= 0.6 is 0 Å². The van der Waals surface area contributed by atoms with Gasteiger partial charge in [-0.2, -0.15) is 0 Å². The van der Waals surface area contributed by atoms with E-state index >= 15 is 0 Å². The Bertz CT molecular complexity index is 200. The third kappa shape index (κ3) is 1.65. The first-order chi connectivity index (χ1) is 5.94. The van der Waals surface area contributed by atoms with Crippen molar-refractivity contribution in [3.63, 3.8) is 0 Å². The van der Waals surface area contributed by atoms with Crippen LogP contribution in [0.2, 0.25) is 0 Å². The van der Waals surface area contributed by atoms with Crippen molar-refractivity contribution in [2.75, 3.05) is 13.1 Å². The van der Waals surface area contributed by atoms with Crippen LogP contribution in [0.3, 0.4) is 0 Å². The van der Waals surface area contributed by atoms with E-state index in [9.17, 15) is 5.11 Å². The quantitative estimate of drug-likeness (QED) is 0.637. The highest BCUT2D eigenvalue weighted by molar-refractivity contribution is 5.05. The van der Waals surface area contributed by atoms with Gasteiger partial charge >= 0.3 is 0 Å². The van der Waals surface area contributed by atoms with Crippen LogP contribution < -0.4 is 5.32 Å². The zero-order valence-corrected chi connectivity index (χ0v) is 8.93. The molecule has 0 amide bonds. The van der Waals surface area contributed by atoms with Gasteiger partial charge in [0.15, 0.2) is 0 Å². The van der Waals surface area contributed by atoms with Gasteiger partial charge in [0.05, 0.1) is 5.60 Å². The second-order valence-corrected chi connectivity index (χ2v) is 4.76. The Hall–Kier alpha value is -0.340. The van der Waals surface area contributed by atoms with Crippen molar-refractivity contribution >= 4 is 0 Å². The molecule has 76 valence electrons. The zero-order valence-electron chi connectivity index (χ0n) is 8.93. The number of piperidine rings is 1. The minimum atomic E-state index is -0.597. The Morgan fingerprint density at radius 3 is 2.62 bits per heavy atom. The maximum absolute atomic E-state index is 10.6. The van der Waals surface area contributed by atoms with Crippen molar-refractivity contribution in [1.82, 2.24) is 5.32 Å². The van der Waals surface area contributed by atoms with Gasteiger partial charge in [-0.3, -0.25) is 0 Å². The summed E-state index contributed by atoms with van der Waals surface area (Å²) in [6.07, 6.45) is 2.67. The Kier molecular flexibility index (Phi) is 2.83. The maximum atomic E-state index is 10.6. The molecule has 1 rings (SSSR count). The number of aliphatic hydroxyl groups is 1. The van der Waals surface area contributed by atoms with Gasteiger partial charge in [0, 0.05) is 17.9 Å². The fourth-order valence-electron chi connectivity index (χ4n) is 2.21. The first-order valence-corrected chi connectivity index (χ1v) is 5.00. The van der Waals surface area contributed by atoms with Crippen molar-refractivity contribution in [3.05, 3.63) is 12.7 Å². The lowest BCUT2D eigenvalue weighted by molar-refractivity contribution is -0.113. The zero-order chi connectivity index (χ0) is 10.1. The normalized spacial score (nSPS) is 35.4. The van der Waals surface area contributed by atoms with E-state index in [2.05, 4.69) is 25.7 Å². The molecule has 2 nitrogen and oxygen atoms in total. The molecule has 2 heteroatoms. The Morgan fingerprint density at radius 1 is 1.54 bits per heavy atom. The lowest BCUT2D eigenvalue weighted by Gasteiger charge is -2.49. The van der Waals surface area contributed by atoms with Gasteiger partial charge in [0.2, 0.25) is 0 Å². The van der Waals surface area contributed by atoms with E-state index in [1.165, 1.54) is 0 Å². The molecule has 0 bridgehead atoms. The average Bonchev–Trinajstić information content (AvgIpc) is 2.08. The monoisotopic (exact) mass is 183 g/mol. The van der Waals surface area contributed by atoms with E-state index in [4.69, 9.17) is 0 Å². The Morgan fingerprint density at radius 2 is 2.15 bits per heavy atom. The van der Waals surface area contributed by atoms with Crippen LogP contribution in [0.1, 0.15) is 27.2 Å². The summed E-state index contributed by atoms with van der Waals surface area (Å²) >= 11 is 0. The van der Waals surface area contributed by atoms with E-state index in [1.54, 1.807) is 0 Å². The van der Waals surface area contributed by atoms with Crippen molar-refractivity contribution in [3.8, 4) is 0 Å². The predicted molar refractivity (Wildman–Crippen MR) is 55.6 cm³/mol. The summed E-state index contributed by atoms with van der Waals surface area (Å²) in [6, 6.07) is 0. The number of hydrogen-bond donors (Lipinski definition) is 2. The standard InChI is InChI=1S/C11H21NO/c1-5-9(2)11(13)6-7-12-8-10(11,3)4/h5,9,12-13H,1,6-8H2,2-4H3. The van der Waals surface area contributed by atoms with Gasteiger partial charge in [0.25, 0.3) is 0 Å². The molecule has 0 radical (unpaired) electrons. The number of nitrogens with one attached hydrogen (secondary N) is 1. The van der Waals surface area contributed by atoms with Gasteiger partial charge in [-0.05, 0) is 13.0 Å². The Balaban J connectivity index is 2.89. The van der Waals surface area contributed by atoms with Crippen LogP contribution in [0.25, 0.3) is 0 Å². The Labute approximate surface area is 81.0 Å². The molecule has 13 heavy (non-hydrogen) atoms. The lowest BCUT2D eigenvalue weighted by atomic mass is 9.65. The predicted octanol–water partition coefficient (Wildman–Crippen LogP) is 1.56. The largest absolute Gasteiger partial charge is 0.389 e. The second-order valence-electron chi connectivity index (χ2n) is 4.76. The summed E-state index contributed by atoms with van der Waals surface area (Å²) < 4.78 is 0. The van der Waals surface area contributed by atoms with Crippen molar-refractivity contribution in [2.24, 2.45) is 11.3 Å². The van der Waals surface area contributed by atoms with E-state index in [1.807, 2.05) is 13.0 Å². The molecule has 0 aromatic carbocycles. The molecular formula is C11H21NO. The number of rotatable bonds is 2. The third-order valence-electron chi connectivity index (χ3n) is 3.53. The number of hydrogen-bond acceptors (Lipinski definition) is 2. The molecule has 2 unspecified atom stereocenters. The van der Waals surface area contributed by atoms with Gasteiger partial charge in [-0.25, -0.2) is 0 Å². The summed E-state index contributed by atoms with van der Waals surface area (Å²) in [4.78, 5) is 0. The highest BCUT2D eigenvalue weighted by Crippen LogP contribution is 2.41. The third-order valence-corrected chi connectivity index (χ3v) is 3.53. The highest BCUT2D eigenvalue weighted by Gasteiger charge is 2.47. The summed E-state index contributed by atoms with van der Waals surface area (Å²) in [5.41, 5.74) is -0.668. The van der Waals surface area contributed by atoms with Crippen molar-refractivity contribution in [2.45, 2.75) is 32.8 Å². The molecule has 0 spiro atoms. The molecule has 0 aromatic heterocycles. The lowest BCUT2D eigenvalue weighted by Crippen LogP contribution is -2.58. The summed E-state index contributed by atoms with van der Waals surface area (Å²) in [6.45, 7) is 11.8. The van der Waals surface area contributed by atoms with Crippen LogP contribution in [0.5, 0.6) is 0 Å². The minimum Gasteiger partial charge on any atom is -0.389 e. The van der Waals surface area contributed by atoms with Crippen LogP contribution in [-0.2, 0) is 0 Å². The van der Waals surface area contributed by atoms with Gasteiger partial charge in [-0.15, -0.1) is 6.58 Å². The average molecular weight is 183 g/mol. The van der Waals surface area contributed by atoms with Crippen LogP contribution in [0.4, 0.5) is 0 Å². The fourth-order valence-corrected chi connectivity index (χ4v) is 2.21. The molecule has 1 aliphatic rings. The van der Waals surface area contributed by atoms with E-state index in [0.29, 0.717) is 0 Å². The summed E-state index contributed by atoms with van der Waals surface area (Å²) in [5, 5.41) is 13.9. The second kappa shape index (κ2) is 3.43. The van der Waals surface area contributed by atoms with Crippen molar-refractivity contribution < 1.29 is 5.11 Å². The fraction of sp³-hybridized carbons (Fsp3) is 0.818.